The topological polar surface area (TPSA) is 123 Å². The fourth-order valence-electron chi connectivity index (χ4n) is 3.43. The van der Waals surface area contributed by atoms with E-state index < -0.39 is 28.3 Å². The van der Waals surface area contributed by atoms with Crippen molar-refractivity contribution in [3.05, 3.63) is 74.1 Å². The molecule has 0 unspecified atom stereocenters. The van der Waals surface area contributed by atoms with Crippen molar-refractivity contribution in [2.45, 2.75) is 20.3 Å². The van der Waals surface area contributed by atoms with Gasteiger partial charge in [-0.1, -0.05) is 18.2 Å². The van der Waals surface area contributed by atoms with Crippen molar-refractivity contribution in [1.29, 1.82) is 0 Å². The Kier molecular flexibility index (Phi) is 5.54. The molecule has 0 bridgehead atoms. The molecule has 1 aromatic heterocycles. The molecule has 1 N–H and O–H groups in total. The summed E-state index contributed by atoms with van der Waals surface area (Å²) in [5.41, 5.74) is 3.31. The number of amides is 3. The van der Waals surface area contributed by atoms with Gasteiger partial charge in [-0.25, -0.2) is 4.98 Å². The second-order valence-corrected chi connectivity index (χ2v) is 8.21. The number of thiazole rings is 1. The van der Waals surface area contributed by atoms with Crippen molar-refractivity contribution >= 4 is 39.9 Å². The van der Waals surface area contributed by atoms with Gasteiger partial charge in [0.25, 0.3) is 17.5 Å². The number of imide groups is 1. The molecule has 9 nitrogen and oxygen atoms in total. The zero-order valence-electron chi connectivity index (χ0n) is 17.2. The minimum Gasteiger partial charge on any atom is -0.302 e. The summed E-state index contributed by atoms with van der Waals surface area (Å²) in [5.74, 6) is -1.83. The van der Waals surface area contributed by atoms with Crippen molar-refractivity contribution in [2.75, 3.05) is 11.9 Å². The number of hydrogen-bond acceptors (Lipinski definition) is 7. The molecule has 162 valence electrons. The first-order chi connectivity index (χ1) is 15.3. The lowest BCUT2D eigenvalue weighted by molar-refractivity contribution is -0.385. The molecule has 1 aliphatic rings. The van der Waals surface area contributed by atoms with Crippen molar-refractivity contribution in [3.63, 3.8) is 0 Å². The van der Waals surface area contributed by atoms with Crippen LogP contribution in [0.2, 0.25) is 0 Å². The Hall–Kier alpha value is -3.92. The highest BCUT2D eigenvalue weighted by molar-refractivity contribution is 7.14. The van der Waals surface area contributed by atoms with Crippen LogP contribution in [-0.2, 0) is 4.79 Å². The number of anilines is 1. The van der Waals surface area contributed by atoms with E-state index in [2.05, 4.69) is 10.3 Å². The van der Waals surface area contributed by atoms with E-state index in [9.17, 15) is 24.5 Å². The molecule has 0 radical (unpaired) electrons. The number of carbonyl (C=O) groups is 3. The highest BCUT2D eigenvalue weighted by Gasteiger charge is 2.40. The highest BCUT2D eigenvalue weighted by atomic mass is 32.1. The van der Waals surface area contributed by atoms with Crippen LogP contribution < -0.4 is 5.32 Å². The molecule has 1 aliphatic heterocycles. The fourth-order valence-corrected chi connectivity index (χ4v) is 4.17. The van der Waals surface area contributed by atoms with Crippen LogP contribution in [0, 0.1) is 24.0 Å². The maximum Gasteiger partial charge on any atom is 0.282 e. The van der Waals surface area contributed by atoms with E-state index in [0.29, 0.717) is 5.13 Å². The largest absolute Gasteiger partial charge is 0.302 e. The summed E-state index contributed by atoms with van der Waals surface area (Å²) in [6.07, 6.45) is -0.155. The molecule has 3 aromatic rings. The number of nitro groups is 1. The number of nitrogens with one attached hydrogen (secondary N) is 1. The van der Waals surface area contributed by atoms with Crippen molar-refractivity contribution in [2.24, 2.45) is 0 Å². The zero-order chi connectivity index (χ0) is 23.0. The van der Waals surface area contributed by atoms with Gasteiger partial charge in [-0.15, -0.1) is 11.3 Å². The summed E-state index contributed by atoms with van der Waals surface area (Å²) in [6, 6.07) is 9.90. The third kappa shape index (κ3) is 3.87. The average Bonchev–Trinajstić information content (AvgIpc) is 3.31. The van der Waals surface area contributed by atoms with E-state index in [-0.39, 0.29) is 24.1 Å². The van der Waals surface area contributed by atoms with Crippen molar-refractivity contribution < 1.29 is 19.3 Å². The van der Waals surface area contributed by atoms with Gasteiger partial charge in [0.15, 0.2) is 5.13 Å². The van der Waals surface area contributed by atoms with Gasteiger partial charge in [-0.2, -0.15) is 0 Å². The number of fused-ring (bicyclic) bond motifs is 1. The molecule has 3 amide bonds. The number of nitrogens with zero attached hydrogens (tertiary/aromatic N) is 3. The molecule has 10 heteroatoms. The van der Waals surface area contributed by atoms with Gasteiger partial charge in [0, 0.05) is 30.0 Å². The first-order valence-electron chi connectivity index (χ1n) is 9.73. The van der Waals surface area contributed by atoms with Crippen LogP contribution in [0.15, 0.2) is 41.8 Å². The maximum absolute atomic E-state index is 12.6. The average molecular weight is 450 g/mol. The summed E-state index contributed by atoms with van der Waals surface area (Å²) in [4.78, 5) is 53.2. The number of aryl methyl sites for hydroxylation is 2. The Balaban J connectivity index is 1.41. The second-order valence-electron chi connectivity index (χ2n) is 7.35. The molecule has 2 aromatic carbocycles. The molecule has 0 aliphatic carbocycles. The van der Waals surface area contributed by atoms with Crippen LogP contribution in [0.5, 0.6) is 0 Å². The number of carbonyl (C=O) groups excluding carboxylic acids is 3. The minimum atomic E-state index is -0.767. The summed E-state index contributed by atoms with van der Waals surface area (Å²) in [6.45, 7) is 3.85. The Bertz CT molecular complexity index is 1280. The smallest absolute Gasteiger partial charge is 0.282 e. The first kappa shape index (κ1) is 21.3. The van der Waals surface area contributed by atoms with Gasteiger partial charge in [0.05, 0.1) is 16.2 Å². The van der Waals surface area contributed by atoms with E-state index in [1.54, 1.807) is 0 Å². The molecule has 0 fully saturated rings. The van der Waals surface area contributed by atoms with E-state index >= 15 is 0 Å². The van der Waals surface area contributed by atoms with Crippen LogP contribution in [0.1, 0.15) is 38.3 Å². The van der Waals surface area contributed by atoms with Crippen LogP contribution in [0.25, 0.3) is 11.3 Å². The Morgan fingerprint density at radius 2 is 1.94 bits per heavy atom. The van der Waals surface area contributed by atoms with E-state index in [1.807, 2.05) is 37.4 Å². The highest BCUT2D eigenvalue weighted by Crippen LogP contribution is 2.31. The summed E-state index contributed by atoms with van der Waals surface area (Å²) in [5, 5.41) is 16.1. The zero-order valence-corrected chi connectivity index (χ0v) is 18.1. The number of aromatic nitrogens is 1. The molecule has 32 heavy (non-hydrogen) atoms. The molecule has 0 saturated heterocycles. The number of rotatable bonds is 6. The van der Waals surface area contributed by atoms with Crippen LogP contribution >= 0.6 is 11.3 Å². The molecule has 0 atom stereocenters. The number of hydrogen-bond donors (Lipinski definition) is 1. The second kappa shape index (κ2) is 8.31. The molecular formula is C22H18N4O5S. The Morgan fingerprint density at radius 3 is 2.66 bits per heavy atom. The Labute approximate surface area is 186 Å². The van der Waals surface area contributed by atoms with Crippen LogP contribution in [-0.4, -0.2) is 39.1 Å². The normalized spacial score (nSPS) is 12.8. The summed E-state index contributed by atoms with van der Waals surface area (Å²) in [7, 11) is 0. The van der Waals surface area contributed by atoms with Gasteiger partial charge in [0.1, 0.15) is 5.56 Å². The van der Waals surface area contributed by atoms with Crippen molar-refractivity contribution in [1.82, 2.24) is 9.88 Å². The van der Waals surface area contributed by atoms with Crippen molar-refractivity contribution in [3.8, 4) is 11.3 Å². The third-order valence-corrected chi connectivity index (χ3v) is 6.05. The fraction of sp³-hybridized carbons (Fsp3) is 0.182. The lowest BCUT2D eigenvalue weighted by Gasteiger charge is -2.12. The maximum atomic E-state index is 12.6. The van der Waals surface area contributed by atoms with Gasteiger partial charge in [-0.05, 0) is 37.1 Å². The standard InChI is InChI=1S/C22H18N4O5S/c1-12-6-7-14(10-13(12)2)16-11-32-22(23-16)24-18(27)8-9-25-20(28)15-4-3-5-17(26(30)31)19(15)21(25)29/h3-7,10-11H,8-9H2,1-2H3,(H,23,24,27). The lowest BCUT2D eigenvalue weighted by Crippen LogP contribution is -2.33. The summed E-state index contributed by atoms with van der Waals surface area (Å²) < 4.78 is 0. The quantitative estimate of drug-likeness (QED) is 0.345. The monoisotopic (exact) mass is 450 g/mol. The Morgan fingerprint density at radius 1 is 1.16 bits per heavy atom. The predicted octanol–water partition coefficient (Wildman–Crippen LogP) is 3.96. The van der Waals surface area contributed by atoms with E-state index in [0.717, 1.165) is 21.7 Å². The van der Waals surface area contributed by atoms with Gasteiger partial charge < -0.3 is 5.32 Å². The number of nitro benzene ring substituents is 1. The third-order valence-electron chi connectivity index (χ3n) is 5.29. The summed E-state index contributed by atoms with van der Waals surface area (Å²) >= 11 is 1.27. The molecular weight excluding hydrogens is 432 g/mol. The lowest BCUT2D eigenvalue weighted by atomic mass is 10.1. The van der Waals surface area contributed by atoms with Crippen LogP contribution in [0.3, 0.4) is 0 Å². The SMILES string of the molecule is Cc1ccc(-c2csc(NC(=O)CCN3C(=O)c4cccc([N+](=O)[O-])c4C3=O)n2)cc1C. The minimum absolute atomic E-state index is 0.0254. The van der Waals surface area contributed by atoms with Gasteiger partial charge in [-0.3, -0.25) is 29.4 Å². The van der Waals surface area contributed by atoms with Gasteiger partial charge >= 0.3 is 0 Å². The molecule has 2 heterocycles. The number of benzene rings is 2. The first-order valence-corrected chi connectivity index (χ1v) is 10.6. The predicted molar refractivity (Wildman–Crippen MR) is 119 cm³/mol. The van der Waals surface area contributed by atoms with E-state index in [4.69, 9.17) is 0 Å². The van der Waals surface area contributed by atoms with Crippen LogP contribution in [0.4, 0.5) is 10.8 Å². The molecule has 0 spiro atoms. The molecule has 4 rings (SSSR count). The molecule has 0 saturated carbocycles. The van der Waals surface area contributed by atoms with Gasteiger partial charge in [0.2, 0.25) is 5.91 Å². The van der Waals surface area contributed by atoms with E-state index in [1.165, 1.54) is 35.1 Å².